The Morgan fingerprint density at radius 1 is 1.50 bits per heavy atom. The van der Waals surface area contributed by atoms with Crippen LogP contribution in [0.2, 0.25) is 0 Å². The van der Waals surface area contributed by atoms with E-state index < -0.39 is 5.97 Å². The minimum Gasteiger partial charge on any atom is -0.475 e. The molecule has 1 heterocycles. The largest absolute Gasteiger partial charge is 0.475 e. The van der Waals surface area contributed by atoms with Crippen LogP contribution in [-0.2, 0) is 0 Å². The lowest BCUT2D eigenvalue weighted by Crippen LogP contribution is -2.34. The van der Waals surface area contributed by atoms with E-state index in [0.717, 1.165) is 0 Å². The van der Waals surface area contributed by atoms with E-state index in [9.17, 15) is 4.79 Å². The van der Waals surface area contributed by atoms with Crippen molar-refractivity contribution in [1.29, 1.82) is 5.26 Å². The molecule has 0 spiro atoms. The molecule has 18 heavy (non-hydrogen) atoms. The van der Waals surface area contributed by atoms with Gasteiger partial charge < -0.3 is 9.52 Å². The summed E-state index contributed by atoms with van der Waals surface area (Å²) < 4.78 is 5.29. The first-order chi connectivity index (χ1) is 8.47. The molecule has 0 aliphatic heterocycles. The molecule has 98 valence electrons. The lowest BCUT2D eigenvalue weighted by Gasteiger charge is -2.30. The Bertz CT molecular complexity index is 445. The number of rotatable bonds is 6. The van der Waals surface area contributed by atoms with Gasteiger partial charge in [-0.05, 0) is 32.9 Å². The van der Waals surface area contributed by atoms with Gasteiger partial charge in [-0.25, -0.2) is 4.79 Å². The molecular formula is C13H18N2O3. The zero-order valence-electron chi connectivity index (χ0n) is 10.9. The summed E-state index contributed by atoms with van der Waals surface area (Å²) in [5, 5.41) is 17.5. The molecule has 1 unspecified atom stereocenters. The van der Waals surface area contributed by atoms with Gasteiger partial charge >= 0.3 is 5.97 Å². The molecule has 1 rings (SSSR count). The van der Waals surface area contributed by atoms with E-state index in [4.69, 9.17) is 14.8 Å². The van der Waals surface area contributed by atoms with Crippen molar-refractivity contribution in [3.63, 3.8) is 0 Å². The fraction of sp³-hybridized carbons (Fsp3) is 0.538. The highest BCUT2D eigenvalue weighted by Crippen LogP contribution is 2.24. The first kappa shape index (κ1) is 14.3. The van der Waals surface area contributed by atoms with E-state index in [-0.39, 0.29) is 17.8 Å². The Labute approximate surface area is 107 Å². The number of hydrogen-bond acceptors (Lipinski definition) is 4. The smallest absolute Gasteiger partial charge is 0.371 e. The molecule has 5 heteroatoms. The van der Waals surface area contributed by atoms with Crippen LogP contribution in [0.3, 0.4) is 0 Å². The van der Waals surface area contributed by atoms with Crippen molar-refractivity contribution in [3.8, 4) is 6.07 Å². The van der Waals surface area contributed by atoms with E-state index in [1.807, 2.05) is 20.8 Å². The SMILES string of the molecule is CC(C)N(CCC#N)C(C)c1ccc(C(=O)O)o1. The molecule has 0 aliphatic rings. The highest BCUT2D eigenvalue weighted by molar-refractivity contribution is 5.84. The Morgan fingerprint density at radius 2 is 2.17 bits per heavy atom. The lowest BCUT2D eigenvalue weighted by atomic mass is 10.1. The Morgan fingerprint density at radius 3 is 2.61 bits per heavy atom. The molecule has 0 amide bonds. The molecule has 0 saturated carbocycles. The molecule has 0 fully saturated rings. The van der Waals surface area contributed by atoms with Crippen molar-refractivity contribution in [3.05, 3.63) is 23.7 Å². The summed E-state index contributed by atoms with van der Waals surface area (Å²) >= 11 is 0. The van der Waals surface area contributed by atoms with Crippen molar-refractivity contribution in [2.45, 2.75) is 39.3 Å². The summed E-state index contributed by atoms with van der Waals surface area (Å²) in [5.74, 6) is -0.513. The van der Waals surface area contributed by atoms with Crippen molar-refractivity contribution >= 4 is 5.97 Å². The van der Waals surface area contributed by atoms with Gasteiger partial charge in [0.1, 0.15) is 5.76 Å². The number of carboxylic acid groups (broad SMARTS) is 1. The summed E-state index contributed by atoms with van der Waals surface area (Å²) in [6.45, 7) is 6.66. The van der Waals surface area contributed by atoms with E-state index in [1.165, 1.54) is 6.07 Å². The second-order valence-electron chi connectivity index (χ2n) is 4.42. The summed E-state index contributed by atoms with van der Waals surface area (Å²) in [6, 6.07) is 5.45. The maximum atomic E-state index is 10.8. The third kappa shape index (κ3) is 3.34. The van der Waals surface area contributed by atoms with Gasteiger partial charge in [0, 0.05) is 19.0 Å². The Hall–Kier alpha value is -1.80. The van der Waals surface area contributed by atoms with Crippen LogP contribution in [0, 0.1) is 11.3 Å². The maximum Gasteiger partial charge on any atom is 0.371 e. The molecule has 1 atom stereocenters. The average Bonchev–Trinajstić information content (AvgIpc) is 2.78. The predicted molar refractivity (Wildman–Crippen MR) is 66.2 cm³/mol. The van der Waals surface area contributed by atoms with Gasteiger partial charge in [0.2, 0.25) is 5.76 Å². The van der Waals surface area contributed by atoms with Crippen LogP contribution in [0.5, 0.6) is 0 Å². The third-order valence-corrected chi connectivity index (χ3v) is 2.89. The first-order valence-electron chi connectivity index (χ1n) is 5.93. The lowest BCUT2D eigenvalue weighted by molar-refractivity contribution is 0.0654. The van der Waals surface area contributed by atoms with Crippen LogP contribution in [0.4, 0.5) is 0 Å². The second kappa shape index (κ2) is 6.22. The number of nitriles is 1. The highest BCUT2D eigenvalue weighted by atomic mass is 16.4. The molecule has 1 aromatic heterocycles. The Balaban J connectivity index is 2.84. The quantitative estimate of drug-likeness (QED) is 0.839. The van der Waals surface area contributed by atoms with E-state index in [0.29, 0.717) is 18.7 Å². The molecule has 1 aromatic rings. The summed E-state index contributed by atoms with van der Waals surface area (Å²) in [4.78, 5) is 12.9. The van der Waals surface area contributed by atoms with Gasteiger partial charge in [-0.3, -0.25) is 4.90 Å². The van der Waals surface area contributed by atoms with Crippen molar-refractivity contribution in [2.75, 3.05) is 6.54 Å². The van der Waals surface area contributed by atoms with E-state index in [2.05, 4.69) is 11.0 Å². The van der Waals surface area contributed by atoms with Crippen molar-refractivity contribution in [2.24, 2.45) is 0 Å². The van der Waals surface area contributed by atoms with Crippen molar-refractivity contribution in [1.82, 2.24) is 4.90 Å². The summed E-state index contributed by atoms with van der Waals surface area (Å²) in [7, 11) is 0. The number of carbonyl (C=O) groups is 1. The Kier molecular flexibility index (Phi) is 4.93. The van der Waals surface area contributed by atoms with Gasteiger partial charge in [-0.1, -0.05) is 0 Å². The van der Waals surface area contributed by atoms with Crippen LogP contribution in [0.1, 0.15) is 49.5 Å². The fourth-order valence-electron chi connectivity index (χ4n) is 1.93. The minimum atomic E-state index is -1.07. The van der Waals surface area contributed by atoms with Gasteiger partial charge in [-0.2, -0.15) is 5.26 Å². The molecular weight excluding hydrogens is 232 g/mol. The number of furan rings is 1. The van der Waals surface area contributed by atoms with Crippen molar-refractivity contribution < 1.29 is 14.3 Å². The highest BCUT2D eigenvalue weighted by Gasteiger charge is 2.22. The van der Waals surface area contributed by atoms with Crippen LogP contribution in [0.15, 0.2) is 16.5 Å². The fourth-order valence-corrected chi connectivity index (χ4v) is 1.93. The molecule has 5 nitrogen and oxygen atoms in total. The zero-order valence-corrected chi connectivity index (χ0v) is 10.9. The van der Waals surface area contributed by atoms with Gasteiger partial charge in [-0.15, -0.1) is 0 Å². The van der Waals surface area contributed by atoms with E-state index in [1.54, 1.807) is 6.07 Å². The van der Waals surface area contributed by atoms with Gasteiger partial charge in [0.25, 0.3) is 0 Å². The van der Waals surface area contributed by atoms with Crippen LogP contribution in [0.25, 0.3) is 0 Å². The molecule has 0 bridgehead atoms. The predicted octanol–water partition coefficient (Wildman–Crippen LogP) is 2.66. The molecule has 0 aromatic carbocycles. The number of hydrogen-bond donors (Lipinski definition) is 1. The second-order valence-corrected chi connectivity index (χ2v) is 4.42. The first-order valence-corrected chi connectivity index (χ1v) is 5.93. The molecule has 0 saturated heterocycles. The maximum absolute atomic E-state index is 10.8. The summed E-state index contributed by atoms with van der Waals surface area (Å²) in [6.07, 6.45) is 0.440. The average molecular weight is 250 g/mol. The monoisotopic (exact) mass is 250 g/mol. The minimum absolute atomic E-state index is 0.0496. The number of nitrogens with zero attached hydrogens (tertiary/aromatic N) is 2. The topological polar surface area (TPSA) is 77.5 Å². The van der Waals surface area contributed by atoms with E-state index >= 15 is 0 Å². The number of aromatic carboxylic acids is 1. The summed E-state index contributed by atoms with van der Waals surface area (Å²) in [5.41, 5.74) is 0. The zero-order chi connectivity index (χ0) is 13.7. The third-order valence-electron chi connectivity index (χ3n) is 2.89. The van der Waals surface area contributed by atoms with Crippen LogP contribution >= 0.6 is 0 Å². The van der Waals surface area contributed by atoms with Crippen LogP contribution < -0.4 is 0 Å². The molecule has 0 aliphatic carbocycles. The van der Waals surface area contributed by atoms with Gasteiger partial charge in [0.15, 0.2) is 0 Å². The molecule has 1 N–H and O–H groups in total. The van der Waals surface area contributed by atoms with Crippen LogP contribution in [-0.4, -0.2) is 28.6 Å². The normalized spacial score (nSPS) is 12.7. The standard InChI is InChI=1S/C13H18N2O3/c1-9(2)15(8-4-7-14)10(3)11-5-6-12(18-11)13(16)17/h5-6,9-10H,4,8H2,1-3H3,(H,16,17). The molecule has 0 radical (unpaired) electrons. The van der Waals surface area contributed by atoms with Gasteiger partial charge in [0.05, 0.1) is 12.1 Å². The number of carboxylic acids is 1.